The number of thiophene rings is 1. The summed E-state index contributed by atoms with van der Waals surface area (Å²) in [6.07, 6.45) is 6.62. The van der Waals surface area contributed by atoms with Crippen LogP contribution in [0.3, 0.4) is 0 Å². The van der Waals surface area contributed by atoms with Crippen molar-refractivity contribution in [3.63, 3.8) is 0 Å². The zero-order valence-electron chi connectivity index (χ0n) is 15.8. The van der Waals surface area contributed by atoms with Crippen LogP contribution in [0.1, 0.15) is 20.8 Å². The van der Waals surface area contributed by atoms with Crippen LogP contribution in [0.2, 0.25) is 5.02 Å². The molecule has 30 heavy (non-hydrogen) atoms. The van der Waals surface area contributed by atoms with Gasteiger partial charge in [0.05, 0.1) is 10.6 Å². The molecule has 1 aromatic heterocycles. The maximum Gasteiger partial charge on any atom is 0.287 e. The predicted octanol–water partition coefficient (Wildman–Crippen LogP) is 4.99. The number of carbonyl (C=O) groups is 2. The molecular formula is C23H18ClN3O2S. The van der Waals surface area contributed by atoms with Crippen LogP contribution in [0, 0.1) is 0 Å². The van der Waals surface area contributed by atoms with Crippen LogP contribution < -0.4 is 10.7 Å². The number of rotatable bonds is 7. The highest BCUT2D eigenvalue weighted by atomic mass is 35.5. The monoisotopic (exact) mass is 435 g/mol. The van der Waals surface area contributed by atoms with Crippen LogP contribution in [-0.4, -0.2) is 18.0 Å². The Labute approximate surface area is 183 Å². The van der Waals surface area contributed by atoms with Gasteiger partial charge in [0.1, 0.15) is 5.70 Å². The van der Waals surface area contributed by atoms with E-state index < -0.39 is 11.8 Å². The molecule has 0 aliphatic rings. The van der Waals surface area contributed by atoms with Gasteiger partial charge in [-0.25, -0.2) is 5.43 Å². The fraction of sp³-hybridized carbons (Fsp3) is 0. The number of carbonyl (C=O) groups excluding carboxylic acids is 2. The number of nitrogens with zero attached hydrogens (tertiary/aromatic N) is 1. The molecule has 2 N–H and O–H groups in total. The summed E-state index contributed by atoms with van der Waals surface area (Å²) in [5.74, 6) is -1.03. The Morgan fingerprint density at radius 3 is 2.47 bits per heavy atom. The van der Waals surface area contributed by atoms with Gasteiger partial charge in [-0.15, -0.1) is 11.3 Å². The fourth-order valence-corrected chi connectivity index (χ4v) is 3.31. The highest BCUT2D eigenvalue weighted by Crippen LogP contribution is 2.16. The third-order valence-electron chi connectivity index (χ3n) is 3.86. The lowest BCUT2D eigenvalue weighted by atomic mass is 10.2. The molecule has 0 aliphatic carbocycles. The fourth-order valence-electron chi connectivity index (χ4n) is 2.43. The van der Waals surface area contributed by atoms with E-state index in [9.17, 15) is 9.59 Å². The number of allylic oxidation sites excluding steroid dienone is 1. The second-order valence-corrected chi connectivity index (χ2v) is 7.38. The van der Waals surface area contributed by atoms with E-state index in [0.29, 0.717) is 5.02 Å². The van der Waals surface area contributed by atoms with Gasteiger partial charge in [-0.1, -0.05) is 66.2 Å². The van der Waals surface area contributed by atoms with Crippen molar-refractivity contribution >= 4 is 53.1 Å². The average molecular weight is 436 g/mol. The molecule has 7 heteroatoms. The minimum absolute atomic E-state index is 0.0616. The van der Waals surface area contributed by atoms with Crippen molar-refractivity contribution in [3.8, 4) is 0 Å². The van der Waals surface area contributed by atoms with Gasteiger partial charge in [-0.05, 0) is 41.3 Å². The number of halogens is 1. The van der Waals surface area contributed by atoms with Crippen LogP contribution in [0.25, 0.3) is 12.2 Å². The third kappa shape index (κ3) is 6.27. The standard InChI is InChI=1S/C23H18ClN3O2S/c24-20-13-5-4-12-19(20)22(28)26-21(16-18-11-7-15-30-18)23(29)27-25-14-6-10-17-8-2-1-3-9-17/h1-16H,(H,26,28)(H,27,29)/b10-6+,21-16-,25-14?. The van der Waals surface area contributed by atoms with Crippen LogP contribution in [0.4, 0.5) is 0 Å². The number of nitrogens with one attached hydrogen (secondary N) is 2. The summed E-state index contributed by atoms with van der Waals surface area (Å²) in [7, 11) is 0. The molecule has 0 unspecified atom stereocenters. The summed E-state index contributed by atoms with van der Waals surface area (Å²) in [6.45, 7) is 0. The Morgan fingerprint density at radius 1 is 0.967 bits per heavy atom. The molecule has 0 radical (unpaired) electrons. The summed E-state index contributed by atoms with van der Waals surface area (Å²) in [5, 5.41) is 8.71. The second-order valence-electron chi connectivity index (χ2n) is 6.00. The van der Waals surface area contributed by atoms with Gasteiger partial charge < -0.3 is 5.32 Å². The maximum atomic E-state index is 12.6. The zero-order chi connectivity index (χ0) is 21.2. The van der Waals surface area contributed by atoms with E-state index in [0.717, 1.165) is 10.4 Å². The van der Waals surface area contributed by atoms with Crippen molar-refractivity contribution in [2.45, 2.75) is 0 Å². The van der Waals surface area contributed by atoms with E-state index in [1.807, 2.05) is 53.9 Å². The molecule has 0 spiro atoms. The quantitative estimate of drug-likeness (QED) is 0.312. The Hall–Kier alpha value is -3.48. The molecule has 0 atom stereocenters. The minimum atomic E-state index is -0.548. The van der Waals surface area contributed by atoms with Gasteiger partial charge in [-0.3, -0.25) is 9.59 Å². The Morgan fingerprint density at radius 2 is 1.73 bits per heavy atom. The smallest absolute Gasteiger partial charge is 0.287 e. The van der Waals surface area contributed by atoms with E-state index in [-0.39, 0.29) is 11.3 Å². The topological polar surface area (TPSA) is 70.6 Å². The summed E-state index contributed by atoms with van der Waals surface area (Å²) in [4.78, 5) is 26.0. The summed E-state index contributed by atoms with van der Waals surface area (Å²) >= 11 is 7.52. The van der Waals surface area contributed by atoms with Gasteiger partial charge in [0, 0.05) is 11.1 Å². The zero-order valence-corrected chi connectivity index (χ0v) is 17.4. The van der Waals surface area contributed by atoms with Crippen molar-refractivity contribution in [1.29, 1.82) is 0 Å². The molecule has 5 nitrogen and oxygen atoms in total. The van der Waals surface area contributed by atoms with Gasteiger partial charge >= 0.3 is 0 Å². The van der Waals surface area contributed by atoms with E-state index in [2.05, 4.69) is 15.8 Å². The first-order valence-corrected chi connectivity index (χ1v) is 10.3. The molecule has 3 rings (SSSR count). The molecule has 0 saturated carbocycles. The number of benzene rings is 2. The van der Waals surface area contributed by atoms with Crippen molar-refractivity contribution in [2.75, 3.05) is 0 Å². The Kier molecular flexibility index (Phi) is 7.71. The lowest BCUT2D eigenvalue weighted by Gasteiger charge is -2.09. The molecular weight excluding hydrogens is 418 g/mol. The molecule has 2 amide bonds. The molecule has 0 aliphatic heterocycles. The number of hydrazone groups is 1. The van der Waals surface area contributed by atoms with Crippen molar-refractivity contribution in [1.82, 2.24) is 10.7 Å². The molecule has 0 bridgehead atoms. The van der Waals surface area contributed by atoms with Gasteiger partial charge in [0.2, 0.25) is 0 Å². The van der Waals surface area contributed by atoms with Crippen LogP contribution in [0.15, 0.2) is 89.0 Å². The SMILES string of the molecule is O=C(NN=C/C=C/c1ccccc1)/C(=C/c1cccs1)NC(=O)c1ccccc1Cl. The minimum Gasteiger partial charge on any atom is -0.317 e. The highest BCUT2D eigenvalue weighted by molar-refractivity contribution is 7.10. The number of hydrogen-bond acceptors (Lipinski definition) is 4. The Bertz CT molecular complexity index is 1090. The third-order valence-corrected chi connectivity index (χ3v) is 5.00. The Balaban J connectivity index is 1.70. The average Bonchev–Trinajstić information content (AvgIpc) is 3.27. The summed E-state index contributed by atoms with van der Waals surface area (Å²) < 4.78 is 0. The highest BCUT2D eigenvalue weighted by Gasteiger charge is 2.16. The number of hydrogen-bond donors (Lipinski definition) is 2. The molecule has 3 aromatic rings. The van der Waals surface area contributed by atoms with E-state index >= 15 is 0 Å². The molecule has 2 aromatic carbocycles. The lowest BCUT2D eigenvalue weighted by molar-refractivity contribution is -0.117. The van der Waals surface area contributed by atoms with E-state index in [1.165, 1.54) is 17.6 Å². The summed E-state index contributed by atoms with van der Waals surface area (Å²) in [6, 6.07) is 20.0. The van der Waals surface area contributed by atoms with E-state index in [4.69, 9.17) is 11.6 Å². The first-order chi connectivity index (χ1) is 14.6. The molecule has 0 fully saturated rings. The van der Waals surface area contributed by atoms with Gasteiger partial charge in [-0.2, -0.15) is 5.10 Å². The van der Waals surface area contributed by atoms with Crippen LogP contribution in [0.5, 0.6) is 0 Å². The second kappa shape index (κ2) is 10.9. The van der Waals surface area contributed by atoms with Crippen molar-refractivity contribution in [2.24, 2.45) is 5.10 Å². The molecule has 0 saturated heterocycles. The number of amides is 2. The summed E-state index contributed by atoms with van der Waals surface area (Å²) in [5.41, 5.74) is 3.77. The van der Waals surface area contributed by atoms with Gasteiger partial charge in [0.25, 0.3) is 11.8 Å². The molecule has 1 heterocycles. The largest absolute Gasteiger partial charge is 0.317 e. The van der Waals surface area contributed by atoms with E-state index in [1.54, 1.807) is 36.4 Å². The van der Waals surface area contributed by atoms with Crippen LogP contribution >= 0.6 is 22.9 Å². The maximum absolute atomic E-state index is 12.6. The molecule has 150 valence electrons. The normalized spacial score (nSPS) is 11.7. The first-order valence-electron chi connectivity index (χ1n) is 8.99. The van der Waals surface area contributed by atoms with Gasteiger partial charge in [0.15, 0.2) is 0 Å². The lowest BCUT2D eigenvalue weighted by Crippen LogP contribution is -2.32. The predicted molar refractivity (Wildman–Crippen MR) is 123 cm³/mol. The van der Waals surface area contributed by atoms with Crippen molar-refractivity contribution in [3.05, 3.63) is 105 Å². The van der Waals surface area contributed by atoms with Crippen LogP contribution in [-0.2, 0) is 4.79 Å². The first kappa shape index (κ1) is 21.2. The van der Waals surface area contributed by atoms with Crippen molar-refractivity contribution < 1.29 is 9.59 Å².